The Bertz CT molecular complexity index is 540. The number of aryl methyl sites for hydroxylation is 1. The first-order valence-electron chi connectivity index (χ1n) is 6.39. The molecule has 0 radical (unpaired) electrons. The van der Waals surface area contributed by atoms with Crippen LogP contribution in [0.3, 0.4) is 0 Å². The fraction of sp³-hybridized carbons (Fsp3) is 0.538. The van der Waals surface area contributed by atoms with Crippen LogP contribution in [0.25, 0.3) is 0 Å². The normalized spacial score (nSPS) is 21.5. The van der Waals surface area contributed by atoms with Crippen molar-refractivity contribution in [3.05, 3.63) is 29.6 Å². The standard InChI is InChI=1S/C13H19FN2O2S/c1-10-5-3-7-12(14)13(10)19(17,18)16-8-4-6-11(9-16)15-2/h3,5,7,11,15H,4,6,8-9H2,1-2H3. The van der Waals surface area contributed by atoms with Gasteiger partial charge in [0.2, 0.25) is 10.0 Å². The summed E-state index contributed by atoms with van der Waals surface area (Å²) >= 11 is 0. The second-order valence-corrected chi connectivity index (χ2v) is 6.75. The third-order valence-electron chi connectivity index (χ3n) is 3.55. The highest BCUT2D eigenvalue weighted by atomic mass is 32.2. The fourth-order valence-corrected chi connectivity index (χ4v) is 4.26. The van der Waals surface area contributed by atoms with Gasteiger partial charge in [-0.25, -0.2) is 12.8 Å². The van der Waals surface area contributed by atoms with Crippen molar-refractivity contribution in [1.82, 2.24) is 9.62 Å². The van der Waals surface area contributed by atoms with Gasteiger partial charge in [0.15, 0.2) is 0 Å². The van der Waals surface area contributed by atoms with E-state index in [4.69, 9.17) is 0 Å². The summed E-state index contributed by atoms with van der Waals surface area (Å²) in [6.07, 6.45) is 1.73. The van der Waals surface area contributed by atoms with Gasteiger partial charge in [-0.2, -0.15) is 4.31 Å². The van der Waals surface area contributed by atoms with Crippen molar-refractivity contribution in [2.45, 2.75) is 30.7 Å². The van der Waals surface area contributed by atoms with Gasteiger partial charge in [-0.05, 0) is 38.4 Å². The first-order chi connectivity index (χ1) is 8.96. The molecule has 0 bridgehead atoms. The molecule has 0 aliphatic carbocycles. The van der Waals surface area contributed by atoms with Gasteiger partial charge in [-0.3, -0.25) is 0 Å². The molecule has 0 spiro atoms. The van der Waals surface area contributed by atoms with Crippen LogP contribution in [0.4, 0.5) is 4.39 Å². The number of sulfonamides is 1. The summed E-state index contributed by atoms with van der Waals surface area (Å²) in [6, 6.07) is 4.47. The van der Waals surface area contributed by atoms with E-state index >= 15 is 0 Å². The lowest BCUT2D eigenvalue weighted by atomic mass is 10.1. The zero-order chi connectivity index (χ0) is 14.0. The van der Waals surface area contributed by atoms with Crippen LogP contribution in [0.1, 0.15) is 18.4 Å². The van der Waals surface area contributed by atoms with Crippen LogP contribution in [0.2, 0.25) is 0 Å². The first kappa shape index (κ1) is 14.4. The number of hydrogen-bond donors (Lipinski definition) is 1. The molecule has 1 unspecified atom stereocenters. The Hall–Kier alpha value is -0.980. The molecule has 0 aromatic heterocycles. The zero-order valence-corrected chi connectivity index (χ0v) is 12.0. The summed E-state index contributed by atoms with van der Waals surface area (Å²) in [7, 11) is -1.93. The van der Waals surface area contributed by atoms with Crippen LogP contribution in [0.15, 0.2) is 23.1 Å². The maximum absolute atomic E-state index is 13.9. The van der Waals surface area contributed by atoms with Gasteiger partial charge in [0.1, 0.15) is 10.7 Å². The number of nitrogens with one attached hydrogen (secondary N) is 1. The van der Waals surface area contributed by atoms with E-state index in [9.17, 15) is 12.8 Å². The van der Waals surface area contributed by atoms with Crippen molar-refractivity contribution < 1.29 is 12.8 Å². The van der Waals surface area contributed by atoms with Crippen LogP contribution in [-0.2, 0) is 10.0 Å². The molecule has 1 heterocycles. The summed E-state index contributed by atoms with van der Waals surface area (Å²) in [6.45, 7) is 2.47. The molecule has 1 aliphatic rings. The minimum atomic E-state index is -3.75. The average Bonchev–Trinajstić information content (AvgIpc) is 2.38. The Morgan fingerprint density at radius 3 is 2.79 bits per heavy atom. The smallest absolute Gasteiger partial charge is 0.246 e. The molecule has 4 nitrogen and oxygen atoms in total. The van der Waals surface area contributed by atoms with E-state index in [1.807, 2.05) is 7.05 Å². The quantitative estimate of drug-likeness (QED) is 0.916. The summed E-state index contributed by atoms with van der Waals surface area (Å²) in [5.41, 5.74) is 0.451. The number of rotatable bonds is 3. The molecule has 2 rings (SSSR count). The van der Waals surface area contributed by atoms with E-state index in [1.165, 1.54) is 16.4 Å². The average molecular weight is 286 g/mol. The summed E-state index contributed by atoms with van der Waals surface area (Å²) in [5.74, 6) is -0.674. The largest absolute Gasteiger partial charge is 0.316 e. The van der Waals surface area contributed by atoms with Gasteiger partial charge in [-0.15, -0.1) is 0 Å². The second kappa shape index (κ2) is 5.56. The lowest BCUT2D eigenvalue weighted by Crippen LogP contribution is -2.47. The van der Waals surface area contributed by atoms with Crippen molar-refractivity contribution in [3.8, 4) is 0 Å². The van der Waals surface area contributed by atoms with Gasteiger partial charge in [0.05, 0.1) is 0 Å². The topological polar surface area (TPSA) is 49.4 Å². The minimum Gasteiger partial charge on any atom is -0.316 e. The first-order valence-corrected chi connectivity index (χ1v) is 7.83. The molecule has 1 aromatic rings. The van der Waals surface area contributed by atoms with Crippen LogP contribution in [0.5, 0.6) is 0 Å². The highest BCUT2D eigenvalue weighted by molar-refractivity contribution is 7.89. The summed E-state index contributed by atoms with van der Waals surface area (Å²) in [4.78, 5) is -0.188. The molecule has 0 amide bonds. The highest BCUT2D eigenvalue weighted by Gasteiger charge is 2.32. The highest BCUT2D eigenvalue weighted by Crippen LogP contribution is 2.25. The van der Waals surface area contributed by atoms with E-state index in [1.54, 1.807) is 13.0 Å². The minimum absolute atomic E-state index is 0.135. The predicted octanol–water partition coefficient (Wildman–Crippen LogP) is 1.51. The maximum atomic E-state index is 13.9. The van der Waals surface area contributed by atoms with Gasteiger partial charge < -0.3 is 5.32 Å². The Morgan fingerprint density at radius 1 is 1.42 bits per heavy atom. The summed E-state index contributed by atoms with van der Waals surface area (Å²) in [5, 5.41) is 3.09. The molecule has 1 aliphatic heterocycles. The molecule has 106 valence electrons. The third-order valence-corrected chi connectivity index (χ3v) is 5.60. The van der Waals surface area contributed by atoms with Crippen LogP contribution in [0, 0.1) is 12.7 Å². The fourth-order valence-electron chi connectivity index (χ4n) is 2.47. The SMILES string of the molecule is CNC1CCCN(S(=O)(=O)c2c(C)cccc2F)C1. The Labute approximate surface area is 113 Å². The van der Waals surface area contributed by atoms with E-state index < -0.39 is 15.8 Å². The second-order valence-electron chi connectivity index (χ2n) is 4.88. The Kier molecular flexibility index (Phi) is 4.23. The Balaban J connectivity index is 2.37. The number of nitrogens with zero attached hydrogens (tertiary/aromatic N) is 1. The lowest BCUT2D eigenvalue weighted by Gasteiger charge is -2.32. The van der Waals surface area contributed by atoms with Gasteiger partial charge in [0.25, 0.3) is 0 Å². The maximum Gasteiger partial charge on any atom is 0.246 e. The molecule has 19 heavy (non-hydrogen) atoms. The van der Waals surface area contributed by atoms with Crippen molar-refractivity contribution in [2.24, 2.45) is 0 Å². The van der Waals surface area contributed by atoms with Crippen molar-refractivity contribution in [1.29, 1.82) is 0 Å². The molecule has 1 N–H and O–H groups in total. The van der Waals surface area contributed by atoms with Gasteiger partial charge >= 0.3 is 0 Å². The molecule has 6 heteroatoms. The molecule has 0 saturated carbocycles. The third kappa shape index (κ3) is 2.80. The molecular formula is C13H19FN2O2S. The number of halogens is 1. The molecular weight excluding hydrogens is 267 g/mol. The summed E-state index contributed by atoms with van der Waals surface area (Å²) < 4.78 is 40.3. The number of hydrogen-bond acceptors (Lipinski definition) is 3. The zero-order valence-electron chi connectivity index (χ0n) is 11.2. The van der Waals surface area contributed by atoms with Gasteiger partial charge in [-0.1, -0.05) is 12.1 Å². The van der Waals surface area contributed by atoms with Crippen molar-refractivity contribution >= 4 is 10.0 Å². The van der Waals surface area contributed by atoms with Crippen LogP contribution < -0.4 is 5.32 Å². The van der Waals surface area contributed by atoms with E-state index in [0.717, 1.165) is 12.8 Å². The van der Waals surface area contributed by atoms with E-state index in [-0.39, 0.29) is 10.9 Å². The van der Waals surface area contributed by atoms with Crippen LogP contribution >= 0.6 is 0 Å². The van der Waals surface area contributed by atoms with Crippen molar-refractivity contribution in [3.63, 3.8) is 0 Å². The van der Waals surface area contributed by atoms with Gasteiger partial charge in [0, 0.05) is 19.1 Å². The van der Waals surface area contributed by atoms with E-state index in [2.05, 4.69) is 5.32 Å². The Morgan fingerprint density at radius 2 is 2.16 bits per heavy atom. The molecule has 1 fully saturated rings. The number of piperidine rings is 1. The molecule has 1 aromatic carbocycles. The molecule has 1 saturated heterocycles. The van der Waals surface area contributed by atoms with Crippen molar-refractivity contribution in [2.75, 3.05) is 20.1 Å². The van der Waals surface area contributed by atoms with Crippen LogP contribution in [-0.4, -0.2) is 38.9 Å². The predicted molar refractivity (Wildman–Crippen MR) is 72.0 cm³/mol. The molecule has 1 atom stereocenters. The van der Waals surface area contributed by atoms with E-state index in [0.29, 0.717) is 18.7 Å². The monoisotopic (exact) mass is 286 g/mol. The number of benzene rings is 1. The number of likely N-dealkylation sites (N-methyl/N-ethyl adjacent to an activating group) is 1. The lowest BCUT2D eigenvalue weighted by molar-refractivity contribution is 0.292.